The van der Waals surface area contributed by atoms with Gasteiger partial charge >= 0.3 is 0 Å². The van der Waals surface area contributed by atoms with Crippen molar-refractivity contribution in [2.24, 2.45) is 0 Å². The molecule has 38 heavy (non-hydrogen) atoms. The molecule has 0 saturated carbocycles. The normalized spacial score (nSPS) is 12.1. The van der Waals surface area contributed by atoms with Gasteiger partial charge in [-0.15, -0.1) is 43.6 Å². The van der Waals surface area contributed by atoms with Gasteiger partial charge in [0, 0.05) is 21.7 Å². The Morgan fingerprint density at radius 2 is 1.05 bits per heavy atom. The van der Waals surface area contributed by atoms with Gasteiger partial charge in [-0.05, 0) is 32.8 Å². The van der Waals surface area contributed by atoms with Crippen LogP contribution in [0.3, 0.4) is 0 Å². The predicted octanol–water partition coefficient (Wildman–Crippen LogP) is 7.19. The minimum atomic E-state index is -2.54. The monoisotopic (exact) mass is 611 g/mol. The topological polar surface area (TPSA) is 0 Å². The van der Waals surface area contributed by atoms with E-state index >= 15 is 0 Å². The Kier molecular flexibility index (Phi) is 13.6. The molecule has 1 aliphatic carbocycles. The molecule has 0 spiro atoms. The van der Waals surface area contributed by atoms with Crippen molar-refractivity contribution in [1.29, 1.82) is 0 Å². The van der Waals surface area contributed by atoms with Crippen molar-refractivity contribution >= 4 is 60.9 Å². The van der Waals surface area contributed by atoms with Gasteiger partial charge in [-0.2, -0.15) is 11.3 Å². The van der Waals surface area contributed by atoms with Gasteiger partial charge in [0.25, 0.3) is 0 Å². The van der Waals surface area contributed by atoms with Crippen molar-refractivity contribution in [2.45, 2.75) is 33.6 Å². The molecule has 0 saturated heterocycles. The average Bonchev–Trinajstić information content (AvgIpc) is 3.29. The summed E-state index contributed by atoms with van der Waals surface area (Å²) in [6.45, 7) is 6.64. The second-order valence-electron chi connectivity index (χ2n) is 9.50. The minimum Gasteiger partial charge on any atom is -0.269 e. The molecule has 4 aromatic carbocycles. The Labute approximate surface area is 262 Å². The molecule has 0 fully saturated rings. The molecular formula is C33H34Cl3SiTi-. The smallest absolute Gasteiger partial charge is 0.0993 e. The number of aryl methyl sites for hydroxylation is 3. The van der Waals surface area contributed by atoms with Crippen molar-refractivity contribution in [2.75, 3.05) is 0 Å². The van der Waals surface area contributed by atoms with Crippen LogP contribution >= 0.6 is 37.2 Å². The summed E-state index contributed by atoms with van der Waals surface area (Å²) in [4.78, 5) is 0. The molecule has 0 unspecified atom stereocenters. The van der Waals surface area contributed by atoms with Crippen molar-refractivity contribution in [3.8, 4) is 0 Å². The van der Waals surface area contributed by atoms with Crippen molar-refractivity contribution in [3.05, 3.63) is 148 Å². The zero-order valence-corrected chi connectivity index (χ0v) is 27.0. The van der Waals surface area contributed by atoms with E-state index in [1.165, 1.54) is 48.6 Å². The van der Waals surface area contributed by atoms with Crippen molar-refractivity contribution < 1.29 is 21.7 Å². The van der Waals surface area contributed by atoms with Crippen LogP contribution in [0.1, 0.15) is 28.7 Å². The molecule has 0 amide bonds. The fraction of sp³-hybridized carbons (Fsp3) is 0.152. The van der Waals surface area contributed by atoms with E-state index < -0.39 is 8.07 Å². The van der Waals surface area contributed by atoms with E-state index in [1.54, 1.807) is 0 Å². The molecule has 0 bridgehead atoms. The Morgan fingerprint density at radius 3 is 1.47 bits per heavy atom. The molecule has 0 atom stereocenters. The fourth-order valence-corrected chi connectivity index (χ4v) is 10.8. The Hall–Kier alpha value is -1.84. The van der Waals surface area contributed by atoms with Gasteiger partial charge in [0.2, 0.25) is 0 Å². The Bertz CT molecular complexity index is 1290. The Morgan fingerprint density at radius 1 is 0.605 bits per heavy atom. The summed E-state index contributed by atoms with van der Waals surface area (Å²) in [6, 6.07) is 38.6. The molecule has 5 rings (SSSR count). The molecule has 0 aliphatic heterocycles. The zero-order chi connectivity index (χ0) is 23.5. The van der Waals surface area contributed by atoms with E-state index in [2.05, 4.69) is 136 Å². The van der Waals surface area contributed by atoms with Gasteiger partial charge in [0.05, 0.1) is 8.07 Å². The zero-order valence-electron chi connectivity index (χ0n) is 22.0. The molecule has 0 aromatic heterocycles. The van der Waals surface area contributed by atoms with Gasteiger partial charge in [0.1, 0.15) is 0 Å². The summed E-state index contributed by atoms with van der Waals surface area (Å²) in [7, 11) is -2.54. The quantitative estimate of drug-likeness (QED) is 0.123. The fourth-order valence-electron chi connectivity index (χ4n) is 5.43. The average molecular weight is 613 g/mol. The van der Waals surface area contributed by atoms with E-state index in [9.17, 15) is 0 Å². The van der Waals surface area contributed by atoms with Crippen LogP contribution in [0.2, 0.25) is 0 Å². The molecule has 1 aliphatic rings. The minimum absolute atomic E-state index is 0. The van der Waals surface area contributed by atoms with Gasteiger partial charge in [-0.25, -0.2) is 5.57 Å². The van der Waals surface area contributed by atoms with Crippen LogP contribution in [0.25, 0.3) is 0 Å². The van der Waals surface area contributed by atoms with Crippen LogP contribution < -0.4 is 15.6 Å². The van der Waals surface area contributed by atoms with Gasteiger partial charge in [0.15, 0.2) is 0 Å². The second-order valence-corrected chi connectivity index (χ2v) is 13.3. The molecular weight excluding hydrogens is 579 g/mol. The second kappa shape index (κ2) is 15.1. The van der Waals surface area contributed by atoms with Crippen LogP contribution in [-0.2, 0) is 28.1 Å². The molecule has 0 nitrogen and oxygen atoms in total. The third-order valence-corrected chi connectivity index (χ3v) is 11.8. The number of allylic oxidation sites excluding steroid dienone is 4. The van der Waals surface area contributed by atoms with Gasteiger partial charge in [-0.3, -0.25) is 6.08 Å². The Balaban J connectivity index is 0.00000180. The van der Waals surface area contributed by atoms with Crippen molar-refractivity contribution in [3.63, 3.8) is 0 Å². The molecule has 4 aromatic rings. The third-order valence-electron chi connectivity index (χ3n) is 6.93. The van der Waals surface area contributed by atoms with Crippen LogP contribution in [0, 0.1) is 26.8 Å². The van der Waals surface area contributed by atoms with Crippen molar-refractivity contribution in [1.82, 2.24) is 0 Å². The van der Waals surface area contributed by atoms with E-state index in [0.29, 0.717) is 0 Å². The van der Waals surface area contributed by atoms with Crippen LogP contribution in [-0.4, -0.2) is 8.07 Å². The number of hydrogen-bond acceptors (Lipinski definition) is 0. The van der Waals surface area contributed by atoms with Crippen LogP contribution in [0.5, 0.6) is 0 Å². The summed E-state index contributed by atoms with van der Waals surface area (Å²) in [5.74, 6) is 0. The first-order valence-corrected chi connectivity index (χ1v) is 14.1. The number of halogens is 3. The summed E-state index contributed by atoms with van der Waals surface area (Å²) < 4.78 is 0. The maximum absolute atomic E-state index is 3.77. The third kappa shape index (κ3) is 6.83. The summed E-state index contributed by atoms with van der Waals surface area (Å²) in [5.41, 5.74) is 6.64. The van der Waals surface area contributed by atoms with E-state index in [4.69, 9.17) is 0 Å². The standard InChI is InChI=1S/C33H31Si.3ClH.Ti/c1-25-11-7-17-30(21-25)34(31-18-8-12-26(2)22-31,32-19-9-13-27(3)23-32)33-20-10-16-29(33)24-28-14-5-4-6-15-28;;;;/h4-9,11-15,17-23H,10,24H2,1-3H3;3*1H;/q-1;;;;. The number of hydrogen-bond donors (Lipinski definition) is 0. The maximum atomic E-state index is 3.77. The summed E-state index contributed by atoms with van der Waals surface area (Å²) in [5, 5.41) is 5.84. The summed E-state index contributed by atoms with van der Waals surface area (Å²) >= 11 is 0. The van der Waals surface area contributed by atoms with Gasteiger partial charge in [-0.1, -0.05) is 135 Å². The molecule has 0 N–H and O–H groups in total. The molecule has 5 heteroatoms. The summed E-state index contributed by atoms with van der Waals surface area (Å²) in [6.07, 6.45) is 8.05. The molecule has 0 heterocycles. The first-order chi connectivity index (χ1) is 16.6. The first kappa shape index (κ1) is 34.2. The predicted molar refractivity (Wildman–Crippen MR) is 170 cm³/mol. The van der Waals surface area contributed by atoms with E-state index in [-0.39, 0.29) is 58.9 Å². The number of benzene rings is 4. The van der Waals surface area contributed by atoms with Gasteiger partial charge < -0.3 is 0 Å². The maximum Gasteiger partial charge on any atom is 0.0993 e. The number of rotatable bonds is 6. The van der Waals surface area contributed by atoms with Crippen LogP contribution in [0.15, 0.2) is 120 Å². The first-order valence-electron chi connectivity index (χ1n) is 12.1. The molecule has 0 radical (unpaired) electrons. The SMILES string of the molecule is Cc1cccc([Si](C2=CC[C-]=C2Cc2ccccc2)(c2cccc(C)c2)c2cccc(C)c2)c1.Cl.Cl.Cl.[Ti]. The van der Waals surface area contributed by atoms with E-state index in [0.717, 1.165) is 12.8 Å². The largest absolute Gasteiger partial charge is 0.269 e. The van der Waals surface area contributed by atoms with E-state index in [1.807, 2.05) is 0 Å². The van der Waals surface area contributed by atoms with Crippen LogP contribution in [0.4, 0.5) is 0 Å². The molecule has 196 valence electrons.